The second kappa shape index (κ2) is 4.84. The minimum atomic E-state index is -0.559. The van der Waals surface area contributed by atoms with E-state index in [0.717, 1.165) is 0 Å². The Balaban J connectivity index is 2.63. The van der Waals surface area contributed by atoms with E-state index in [9.17, 15) is 9.18 Å². The molecule has 0 aliphatic heterocycles. The van der Waals surface area contributed by atoms with Gasteiger partial charge in [-0.2, -0.15) is 0 Å². The van der Waals surface area contributed by atoms with Crippen LogP contribution in [0.25, 0.3) is 11.4 Å². The molecule has 0 fully saturated rings. The van der Waals surface area contributed by atoms with Gasteiger partial charge < -0.3 is 5.32 Å². The summed E-state index contributed by atoms with van der Waals surface area (Å²) < 4.78 is 13.5. The lowest BCUT2D eigenvalue weighted by Crippen LogP contribution is -2.02. The van der Waals surface area contributed by atoms with Crippen LogP contribution in [-0.4, -0.2) is 21.4 Å². The fourth-order valence-electron chi connectivity index (χ4n) is 1.29. The highest BCUT2D eigenvalue weighted by molar-refractivity contribution is 6.32. The van der Waals surface area contributed by atoms with Gasteiger partial charge in [0.05, 0.1) is 0 Å². The summed E-state index contributed by atoms with van der Waals surface area (Å²) in [4.78, 5) is 21.9. The third-order valence-corrected chi connectivity index (χ3v) is 2.27. The molecule has 0 atom stereocenters. The number of aromatic nitrogens is 3. The first kappa shape index (κ1) is 11.4. The molecule has 17 heavy (non-hydrogen) atoms. The first-order valence-electron chi connectivity index (χ1n) is 4.55. The van der Waals surface area contributed by atoms with E-state index in [-0.39, 0.29) is 22.2 Å². The number of pyridine rings is 1. The fraction of sp³-hybridized carbons (Fsp3) is 0. The van der Waals surface area contributed by atoms with Crippen LogP contribution in [0.5, 0.6) is 0 Å². The van der Waals surface area contributed by atoms with Crippen LogP contribution in [0, 0.1) is 5.82 Å². The topological polar surface area (TPSA) is 67.8 Å². The Morgan fingerprint density at radius 3 is 2.82 bits per heavy atom. The van der Waals surface area contributed by atoms with Crippen molar-refractivity contribution >= 4 is 23.7 Å². The van der Waals surface area contributed by atoms with Crippen molar-refractivity contribution in [2.45, 2.75) is 0 Å². The highest BCUT2D eigenvalue weighted by atomic mass is 35.5. The molecule has 0 aliphatic carbocycles. The molecule has 0 radical (unpaired) electrons. The van der Waals surface area contributed by atoms with E-state index in [4.69, 9.17) is 11.6 Å². The zero-order valence-electron chi connectivity index (χ0n) is 8.39. The lowest BCUT2D eigenvalue weighted by atomic mass is 10.2. The molecule has 0 saturated carbocycles. The number of hydrogen-bond acceptors (Lipinski definition) is 4. The average Bonchev–Trinajstić information content (AvgIpc) is 2.33. The van der Waals surface area contributed by atoms with Gasteiger partial charge in [-0.25, -0.2) is 14.4 Å². The summed E-state index contributed by atoms with van der Waals surface area (Å²) >= 11 is 5.79. The van der Waals surface area contributed by atoms with Crippen molar-refractivity contribution in [3.05, 3.63) is 35.6 Å². The van der Waals surface area contributed by atoms with Gasteiger partial charge in [0.25, 0.3) is 0 Å². The minimum Gasteiger partial charge on any atom is -0.324 e. The van der Waals surface area contributed by atoms with Crippen molar-refractivity contribution in [3.63, 3.8) is 0 Å². The minimum absolute atomic E-state index is 0.00106. The van der Waals surface area contributed by atoms with E-state index in [2.05, 4.69) is 20.3 Å². The van der Waals surface area contributed by atoms with Crippen LogP contribution >= 0.6 is 11.6 Å². The maximum Gasteiger partial charge on any atom is 0.211 e. The number of rotatable bonds is 3. The number of amides is 1. The molecule has 1 amide bonds. The van der Waals surface area contributed by atoms with Gasteiger partial charge in [-0.1, -0.05) is 11.6 Å². The summed E-state index contributed by atoms with van der Waals surface area (Å²) in [5.74, 6) is -0.559. The van der Waals surface area contributed by atoms with Gasteiger partial charge in [0.1, 0.15) is 23.4 Å². The van der Waals surface area contributed by atoms with Crippen molar-refractivity contribution < 1.29 is 9.18 Å². The van der Waals surface area contributed by atoms with Gasteiger partial charge >= 0.3 is 0 Å². The van der Waals surface area contributed by atoms with Gasteiger partial charge in [0.15, 0.2) is 11.0 Å². The van der Waals surface area contributed by atoms with Crippen molar-refractivity contribution in [2.75, 3.05) is 5.32 Å². The Hall–Kier alpha value is -2.08. The normalized spacial score (nSPS) is 10.0. The summed E-state index contributed by atoms with van der Waals surface area (Å²) in [5.41, 5.74) is 0.262. The van der Waals surface area contributed by atoms with Crippen LogP contribution in [0.1, 0.15) is 0 Å². The van der Waals surface area contributed by atoms with E-state index in [0.29, 0.717) is 6.41 Å². The SMILES string of the molecule is O=CNc1c(Cl)ncnc1-c1ncccc1F. The van der Waals surface area contributed by atoms with E-state index in [1.807, 2.05) is 0 Å². The Morgan fingerprint density at radius 1 is 1.29 bits per heavy atom. The van der Waals surface area contributed by atoms with E-state index in [1.54, 1.807) is 0 Å². The first-order valence-corrected chi connectivity index (χ1v) is 4.93. The summed E-state index contributed by atoms with van der Waals surface area (Å²) in [6.07, 6.45) is 3.00. The number of halogens is 2. The van der Waals surface area contributed by atoms with Crippen molar-refractivity contribution in [2.24, 2.45) is 0 Å². The maximum atomic E-state index is 13.5. The number of nitrogens with zero attached hydrogens (tertiary/aromatic N) is 3. The van der Waals surface area contributed by atoms with Crippen LogP contribution in [0.15, 0.2) is 24.7 Å². The summed E-state index contributed by atoms with van der Waals surface area (Å²) in [6, 6.07) is 2.69. The molecule has 2 aromatic heterocycles. The van der Waals surface area contributed by atoms with Gasteiger partial charge in [-0.15, -0.1) is 0 Å². The smallest absolute Gasteiger partial charge is 0.211 e. The highest BCUT2D eigenvalue weighted by Crippen LogP contribution is 2.29. The van der Waals surface area contributed by atoms with Crippen molar-refractivity contribution in [1.82, 2.24) is 15.0 Å². The van der Waals surface area contributed by atoms with Crippen LogP contribution in [0.2, 0.25) is 5.15 Å². The Morgan fingerprint density at radius 2 is 2.12 bits per heavy atom. The molecule has 0 aromatic carbocycles. The second-order valence-corrected chi connectivity index (χ2v) is 3.34. The molecule has 0 bridgehead atoms. The molecule has 2 heterocycles. The molecule has 7 heteroatoms. The number of nitrogens with one attached hydrogen (secondary N) is 1. The fourth-order valence-corrected chi connectivity index (χ4v) is 1.48. The van der Waals surface area contributed by atoms with Crippen molar-refractivity contribution in [1.29, 1.82) is 0 Å². The molecule has 2 rings (SSSR count). The maximum absolute atomic E-state index is 13.5. The van der Waals surface area contributed by atoms with E-state index < -0.39 is 5.82 Å². The summed E-state index contributed by atoms with van der Waals surface area (Å²) in [7, 11) is 0. The predicted octanol–water partition coefficient (Wildman–Crippen LogP) is 1.90. The van der Waals surface area contributed by atoms with Crippen LogP contribution in [-0.2, 0) is 4.79 Å². The second-order valence-electron chi connectivity index (χ2n) is 2.98. The van der Waals surface area contributed by atoms with E-state index in [1.165, 1.54) is 24.7 Å². The quantitative estimate of drug-likeness (QED) is 0.669. The number of hydrogen-bond donors (Lipinski definition) is 1. The predicted molar refractivity (Wildman–Crippen MR) is 59.9 cm³/mol. The number of anilines is 1. The largest absolute Gasteiger partial charge is 0.324 e. The average molecular weight is 253 g/mol. The molecule has 1 N–H and O–H groups in total. The van der Waals surface area contributed by atoms with Crippen LogP contribution in [0.3, 0.4) is 0 Å². The monoisotopic (exact) mass is 252 g/mol. The zero-order valence-corrected chi connectivity index (χ0v) is 9.15. The van der Waals surface area contributed by atoms with Gasteiger partial charge in [0, 0.05) is 6.20 Å². The number of carbonyl (C=O) groups excluding carboxylic acids is 1. The molecule has 0 spiro atoms. The molecule has 86 valence electrons. The Kier molecular flexibility index (Phi) is 3.24. The number of carbonyl (C=O) groups is 1. The molecule has 2 aromatic rings. The lowest BCUT2D eigenvalue weighted by molar-refractivity contribution is -0.105. The summed E-state index contributed by atoms with van der Waals surface area (Å²) in [5, 5.41) is 2.35. The first-order chi connectivity index (χ1) is 8.24. The lowest BCUT2D eigenvalue weighted by Gasteiger charge is -2.07. The summed E-state index contributed by atoms with van der Waals surface area (Å²) in [6.45, 7) is 0. The third kappa shape index (κ3) is 2.21. The zero-order chi connectivity index (χ0) is 12.3. The molecule has 0 unspecified atom stereocenters. The molecular formula is C10H6ClFN4O. The highest BCUT2D eigenvalue weighted by Gasteiger charge is 2.15. The van der Waals surface area contributed by atoms with Crippen LogP contribution in [0.4, 0.5) is 10.1 Å². The molecule has 5 nitrogen and oxygen atoms in total. The Labute approximate surface area is 101 Å². The Bertz CT molecular complexity index is 564. The van der Waals surface area contributed by atoms with Gasteiger partial charge in [-0.3, -0.25) is 9.78 Å². The standard InChI is InChI=1S/C10H6ClFN4O/c11-10-9(16-5-17)8(14-4-15-10)7-6(12)2-1-3-13-7/h1-5H,(H,16,17). The third-order valence-electron chi connectivity index (χ3n) is 1.99. The van der Waals surface area contributed by atoms with Gasteiger partial charge in [0.2, 0.25) is 6.41 Å². The van der Waals surface area contributed by atoms with E-state index >= 15 is 0 Å². The van der Waals surface area contributed by atoms with Crippen molar-refractivity contribution in [3.8, 4) is 11.4 Å². The molecule has 0 saturated heterocycles. The molecule has 0 aliphatic rings. The van der Waals surface area contributed by atoms with Crippen LogP contribution < -0.4 is 5.32 Å². The molecular weight excluding hydrogens is 247 g/mol. The van der Waals surface area contributed by atoms with Gasteiger partial charge in [-0.05, 0) is 12.1 Å².